The first-order valence-corrected chi connectivity index (χ1v) is 9.70. The van der Waals surface area contributed by atoms with Crippen LogP contribution in [-0.2, 0) is 0 Å². The maximum Gasteiger partial charge on any atom is 0.255 e. The number of likely N-dealkylation sites (N-methyl/N-ethyl adjacent to an activating group) is 1. The monoisotopic (exact) mass is 397 g/mol. The molecule has 1 aliphatic rings. The maximum absolute atomic E-state index is 12.7. The summed E-state index contributed by atoms with van der Waals surface area (Å²) in [6.45, 7) is 6.37. The zero-order valence-corrected chi connectivity index (χ0v) is 17.1. The molecule has 1 heterocycles. The van der Waals surface area contributed by atoms with Gasteiger partial charge in [-0.2, -0.15) is 0 Å². The smallest absolute Gasteiger partial charge is 0.255 e. The lowest BCUT2D eigenvalue weighted by Crippen LogP contribution is -2.48. The Kier molecular flexibility index (Phi) is 6.72. The van der Waals surface area contributed by atoms with Gasteiger partial charge in [0.25, 0.3) is 11.8 Å². The van der Waals surface area contributed by atoms with Gasteiger partial charge in [-0.1, -0.05) is 6.92 Å². The van der Waals surface area contributed by atoms with E-state index in [-0.39, 0.29) is 11.8 Å². The second kappa shape index (κ2) is 9.43. The van der Waals surface area contributed by atoms with Gasteiger partial charge in [0.2, 0.25) is 0 Å². The molecule has 1 N–H and O–H groups in total. The Morgan fingerprint density at radius 3 is 2.17 bits per heavy atom. The van der Waals surface area contributed by atoms with Crippen LogP contribution in [0.25, 0.3) is 0 Å². The SMILES string of the molecule is CCN1CCN(C(=O)c2ccc(C(=O)Nc3cc(OC)ccc3OC)cc2)CC1. The molecule has 0 saturated carbocycles. The summed E-state index contributed by atoms with van der Waals surface area (Å²) in [5.74, 6) is 0.872. The summed E-state index contributed by atoms with van der Waals surface area (Å²) in [7, 11) is 3.10. The number of hydrogen-bond donors (Lipinski definition) is 1. The molecule has 3 rings (SSSR count). The van der Waals surface area contributed by atoms with E-state index in [1.807, 2.05) is 4.90 Å². The molecule has 0 bridgehead atoms. The van der Waals surface area contributed by atoms with Gasteiger partial charge in [0.15, 0.2) is 0 Å². The van der Waals surface area contributed by atoms with Gasteiger partial charge in [-0.25, -0.2) is 0 Å². The highest BCUT2D eigenvalue weighted by molar-refractivity contribution is 6.05. The first-order chi connectivity index (χ1) is 14.0. The van der Waals surface area contributed by atoms with Crippen LogP contribution in [0.5, 0.6) is 11.5 Å². The summed E-state index contributed by atoms with van der Waals surface area (Å²) >= 11 is 0. The summed E-state index contributed by atoms with van der Waals surface area (Å²) in [6, 6.07) is 11.9. The number of nitrogens with one attached hydrogen (secondary N) is 1. The van der Waals surface area contributed by atoms with Crippen molar-refractivity contribution in [3.8, 4) is 11.5 Å². The number of piperazine rings is 1. The van der Waals surface area contributed by atoms with Crippen molar-refractivity contribution in [2.75, 3.05) is 52.3 Å². The number of anilines is 1. The predicted octanol–water partition coefficient (Wildman–Crippen LogP) is 2.73. The molecule has 0 aromatic heterocycles. The lowest BCUT2D eigenvalue weighted by atomic mass is 10.1. The first-order valence-electron chi connectivity index (χ1n) is 9.70. The normalized spacial score (nSPS) is 14.4. The van der Waals surface area contributed by atoms with Gasteiger partial charge in [-0.15, -0.1) is 0 Å². The van der Waals surface area contributed by atoms with Crippen molar-refractivity contribution in [3.05, 3.63) is 53.6 Å². The number of ether oxygens (including phenoxy) is 2. The van der Waals surface area contributed by atoms with Crippen LogP contribution in [-0.4, -0.2) is 68.6 Å². The summed E-state index contributed by atoms with van der Waals surface area (Å²) < 4.78 is 10.5. The van der Waals surface area contributed by atoms with Crippen LogP contribution in [0.4, 0.5) is 5.69 Å². The van der Waals surface area contributed by atoms with E-state index < -0.39 is 0 Å². The van der Waals surface area contributed by atoms with E-state index in [0.29, 0.717) is 28.3 Å². The molecule has 1 fully saturated rings. The molecular formula is C22H27N3O4. The van der Waals surface area contributed by atoms with Crippen LogP contribution in [0.2, 0.25) is 0 Å². The number of methoxy groups -OCH3 is 2. The Morgan fingerprint density at radius 2 is 1.59 bits per heavy atom. The molecule has 154 valence electrons. The van der Waals surface area contributed by atoms with Crippen LogP contribution in [0.1, 0.15) is 27.6 Å². The molecule has 1 aliphatic heterocycles. The van der Waals surface area contributed by atoms with Crippen molar-refractivity contribution >= 4 is 17.5 Å². The fourth-order valence-electron chi connectivity index (χ4n) is 3.32. The highest BCUT2D eigenvalue weighted by atomic mass is 16.5. The molecule has 1 saturated heterocycles. The fourth-order valence-corrected chi connectivity index (χ4v) is 3.32. The van der Waals surface area contributed by atoms with Gasteiger partial charge in [-0.05, 0) is 42.9 Å². The number of carbonyl (C=O) groups excluding carboxylic acids is 2. The first kappa shape index (κ1) is 20.7. The second-order valence-corrected chi connectivity index (χ2v) is 6.82. The van der Waals surface area contributed by atoms with Crippen molar-refractivity contribution in [1.29, 1.82) is 0 Å². The highest BCUT2D eigenvalue weighted by Gasteiger charge is 2.21. The summed E-state index contributed by atoms with van der Waals surface area (Å²) in [4.78, 5) is 29.5. The van der Waals surface area contributed by atoms with E-state index in [9.17, 15) is 9.59 Å². The van der Waals surface area contributed by atoms with E-state index in [2.05, 4.69) is 17.1 Å². The third-order valence-electron chi connectivity index (χ3n) is 5.16. The molecule has 7 heteroatoms. The number of carbonyl (C=O) groups is 2. The molecule has 2 amide bonds. The highest BCUT2D eigenvalue weighted by Crippen LogP contribution is 2.29. The van der Waals surface area contributed by atoms with E-state index in [1.54, 1.807) is 49.6 Å². The molecule has 0 unspecified atom stereocenters. The van der Waals surface area contributed by atoms with Crippen molar-refractivity contribution in [3.63, 3.8) is 0 Å². The van der Waals surface area contributed by atoms with E-state index >= 15 is 0 Å². The van der Waals surface area contributed by atoms with Crippen LogP contribution >= 0.6 is 0 Å². The number of amides is 2. The Balaban J connectivity index is 1.67. The van der Waals surface area contributed by atoms with Crippen molar-refractivity contribution in [2.24, 2.45) is 0 Å². The van der Waals surface area contributed by atoms with Crippen LogP contribution < -0.4 is 14.8 Å². The summed E-state index contributed by atoms with van der Waals surface area (Å²) in [6.07, 6.45) is 0. The number of benzene rings is 2. The number of nitrogens with zero attached hydrogens (tertiary/aromatic N) is 2. The molecule has 0 atom stereocenters. The minimum atomic E-state index is -0.285. The molecule has 2 aromatic rings. The minimum Gasteiger partial charge on any atom is -0.497 e. The standard InChI is InChI=1S/C22H27N3O4/c1-4-24-11-13-25(14-12-24)22(27)17-7-5-16(6-8-17)21(26)23-19-15-18(28-2)9-10-20(19)29-3/h5-10,15H,4,11-14H2,1-3H3,(H,23,26). The minimum absolute atomic E-state index is 0.00201. The maximum atomic E-state index is 12.7. The molecular weight excluding hydrogens is 370 g/mol. The van der Waals surface area contributed by atoms with E-state index in [4.69, 9.17) is 9.47 Å². The third-order valence-corrected chi connectivity index (χ3v) is 5.16. The van der Waals surface area contributed by atoms with Crippen LogP contribution in [0.3, 0.4) is 0 Å². The van der Waals surface area contributed by atoms with E-state index in [0.717, 1.165) is 32.7 Å². The van der Waals surface area contributed by atoms with Crippen molar-refractivity contribution in [2.45, 2.75) is 6.92 Å². The quantitative estimate of drug-likeness (QED) is 0.812. The lowest BCUT2D eigenvalue weighted by Gasteiger charge is -2.34. The Bertz CT molecular complexity index is 859. The van der Waals surface area contributed by atoms with Gasteiger partial charge >= 0.3 is 0 Å². The van der Waals surface area contributed by atoms with Crippen LogP contribution in [0.15, 0.2) is 42.5 Å². The molecule has 0 spiro atoms. The number of rotatable bonds is 6. The zero-order chi connectivity index (χ0) is 20.8. The Morgan fingerprint density at radius 1 is 0.931 bits per heavy atom. The van der Waals surface area contributed by atoms with Gasteiger partial charge in [0.1, 0.15) is 11.5 Å². The topological polar surface area (TPSA) is 71.1 Å². The van der Waals surface area contributed by atoms with Gasteiger partial charge in [0, 0.05) is 43.4 Å². The largest absolute Gasteiger partial charge is 0.497 e. The average Bonchev–Trinajstić information content (AvgIpc) is 2.78. The van der Waals surface area contributed by atoms with Gasteiger partial charge < -0.3 is 24.6 Å². The predicted molar refractivity (Wildman–Crippen MR) is 112 cm³/mol. The fraction of sp³-hybridized carbons (Fsp3) is 0.364. The molecule has 7 nitrogen and oxygen atoms in total. The summed E-state index contributed by atoms with van der Waals surface area (Å²) in [5.41, 5.74) is 1.57. The molecule has 0 radical (unpaired) electrons. The van der Waals surface area contributed by atoms with Gasteiger partial charge in [-0.3, -0.25) is 9.59 Å². The zero-order valence-electron chi connectivity index (χ0n) is 17.1. The lowest BCUT2D eigenvalue weighted by molar-refractivity contribution is 0.0643. The molecule has 29 heavy (non-hydrogen) atoms. The Hall–Kier alpha value is -3.06. The summed E-state index contributed by atoms with van der Waals surface area (Å²) in [5, 5.41) is 2.83. The van der Waals surface area contributed by atoms with Crippen LogP contribution in [0, 0.1) is 0 Å². The molecule has 0 aliphatic carbocycles. The van der Waals surface area contributed by atoms with Crippen molar-refractivity contribution < 1.29 is 19.1 Å². The average molecular weight is 397 g/mol. The second-order valence-electron chi connectivity index (χ2n) is 6.82. The third kappa shape index (κ3) is 4.86. The molecule has 2 aromatic carbocycles. The van der Waals surface area contributed by atoms with E-state index in [1.165, 1.54) is 7.11 Å². The Labute approximate surface area is 171 Å². The van der Waals surface area contributed by atoms with Crippen molar-refractivity contribution in [1.82, 2.24) is 9.80 Å². The van der Waals surface area contributed by atoms with Gasteiger partial charge in [0.05, 0.1) is 19.9 Å². The number of hydrogen-bond acceptors (Lipinski definition) is 5.